The molecule has 17 heavy (non-hydrogen) atoms. The summed E-state index contributed by atoms with van der Waals surface area (Å²) in [5, 5.41) is 5.24. The minimum Gasteiger partial charge on any atom is -0.399 e. The molecule has 2 aromatic rings. The molecule has 0 aliphatic carbocycles. The summed E-state index contributed by atoms with van der Waals surface area (Å²) in [7, 11) is 0. The quantitative estimate of drug-likeness (QED) is 0.766. The Morgan fingerprint density at radius 1 is 1.35 bits per heavy atom. The number of nitrogens with zero attached hydrogens (tertiary/aromatic N) is 2. The first kappa shape index (κ1) is 10.4. The van der Waals surface area contributed by atoms with Crippen LogP contribution in [-0.4, -0.2) is 18.2 Å². The van der Waals surface area contributed by atoms with Crippen LogP contribution in [0.1, 0.15) is 19.8 Å². The van der Waals surface area contributed by atoms with Gasteiger partial charge in [-0.3, -0.25) is 0 Å². The van der Waals surface area contributed by atoms with Gasteiger partial charge >= 0.3 is 0 Å². The first-order valence-electron chi connectivity index (χ1n) is 6.14. The van der Waals surface area contributed by atoms with Gasteiger partial charge < -0.3 is 15.2 Å². The van der Waals surface area contributed by atoms with E-state index in [9.17, 15) is 0 Å². The average molecular weight is 231 g/mol. The Kier molecular flexibility index (Phi) is 2.42. The lowest BCUT2D eigenvalue weighted by molar-refractivity contribution is 0.419. The van der Waals surface area contributed by atoms with Crippen molar-refractivity contribution in [1.29, 1.82) is 0 Å². The van der Waals surface area contributed by atoms with Crippen LogP contribution in [0.2, 0.25) is 0 Å². The van der Waals surface area contributed by atoms with Crippen molar-refractivity contribution >= 4 is 22.5 Å². The van der Waals surface area contributed by atoms with Gasteiger partial charge in [-0.05, 0) is 30.9 Å². The lowest BCUT2D eigenvalue weighted by Crippen LogP contribution is -2.33. The zero-order valence-corrected chi connectivity index (χ0v) is 10.0. The zero-order chi connectivity index (χ0) is 11.8. The van der Waals surface area contributed by atoms with E-state index >= 15 is 0 Å². The van der Waals surface area contributed by atoms with Gasteiger partial charge in [0.05, 0.1) is 5.39 Å². The number of benzene rings is 1. The second kappa shape index (κ2) is 3.95. The van der Waals surface area contributed by atoms with Crippen LogP contribution in [0.3, 0.4) is 0 Å². The summed E-state index contributed by atoms with van der Waals surface area (Å²) >= 11 is 0. The molecule has 2 heterocycles. The third kappa shape index (κ3) is 1.84. The number of hydrogen-bond donors (Lipinski definition) is 1. The number of fused-ring (bicyclic) bond motifs is 1. The summed E-state index contributed by atoms with van der Waals surface area (Å²) in [6.07, 6.45) is 2.45. The van der Waals surface area contributed by atoms with Crippen LogP contribution in [0.15, 0.2) is 22.7 Å². The van der Waals surface area contributed by atoms with Crippen molar-refractivity contribution in [2.45, 2.75) is 19.8 Å². The van der Waals surface area contributed by atoms with Gasteiger partial charge in [0.25, 0.3) is 0 Å². The maximum atomic E-state index is 5.73. The smallest absolute Gasteiger partial charge is 0.179 e. The molecule has 90 valence electrons. The van der Waals surface area contributed by atoms with Crippen LogP contribution >= 0.6 is 0 Å². The van der Waals surface area contributed by atoms with E-state index in [2.05, 4.69) is 17.0 Å². The molecule has 0 unspecified atom stereocenters. The normalized spacial score (nSPS) is 17.8. The summed E-state index contributed by atoms with van der Waals surface area (Å²) in [5.74, 6) is 1.78. The Bertz CT molecular complexity index is 526. The molecule has 1 fully saturated rings. The average Bonchev–Trinajstić information content (AvgIpc) is 2.73. The fraction of sp³-hybridized carbons (Fsp3) is 0.462. The minimum atomic E-state index is 0.715. The number of piperidine rings is 1. The summed E-state index contributed by atoms with van der Waals surface area (Å²) in [6.45, 7) is 4.43. The molecule has 0 radical (unpaired) electrons. The van der Waals surface area contributed by atoms with Crippen LogP contribution in [0.25, 0.3) is 11.0 Å². The van der Waals surface area contributed by atoms with Gasteiger partial charge in [0.15, 0.2) is 11.4 Å². The van der Waals surface area contributed by atoms with Gasteiger partial charge in [-0.2, -0.15) is 0 Å². The maximum Gasteiger partial charge on any atom is 0.179 e. The van der Waals surface area contributed by atoms with E-state index in [0.29, 0.717) is 5.69 Å². The SMILES string of the molecule is CC1CCN(c2noc3cc(N)ccc23)CC1. The molecular weight excluding hydrogens is 214 g/mol. The summed E-state index contributed by atoms with van der Waals surface area (Å²) in [5.41, 5.74) is 7.22. The van der Waals surface area contributed by atoms with Crippen LogP contribution in [0.5, 0.6) is 0 Å². The van der Waals surface area contributed by atoms with Crippen molar-refractivity contribution in [3.8, 4) is 0 Å². The highest BCUT2D eigenvalue weighted by atomic mass is 16.5. The summed E-state index contributed by atoms with van der Waals surface area (Å²) in [6, 6.07) is 5.72. The van der Waals surface area contributed by atoms with E-state index in [1.165, 1.54) is 12.8 Å². The minimum absolute atomic E-state index is 0.715. The molecular formula is C13H17N3O. The Hall–Kier alpha value is -1.71. The van der Waals surface area contributed by atoms with Crippen molar-refractivity contribution in [1.82, 2.24) is 5.16 Å². The Morgan fingerprint density at radius 2 is 2.12 bits per heavy atom. The molecule has 3 rings (SSSR count). The number of anilines is 2. The summed E-state index contributed by atoms with van der Waals surface area (Å²) < 4.78 is 5.34. The van der Waals surface area contributed by atoms with Crippen molar-refractivity contribution in [3.63, 3.8) is 0 Å². The first-order chi connectivity index (χ1) is 8.24. The van der Waals surface area contributed by atoms with E-state index in [1.54, 1.807) is 0 Å². The topological polar surface area (TPSA) is 55.3 Å². The van der Waals surface area contributed by atoms with E-state index in [-0.39, 0.29) is 0 Å². The predicted octanol–water partition coefficient (Wildman–Crippen LogP) is 2.65. The van der Waals surface area contributed by atoms with Gasteiger partial charge in [0, 0.05) is 24.8 Å². The lowest BCUT2D eigenvalue weighted by atomic mass is 9.99. The molecule has 1 aliphatic heterocycles. The highest BCUT2D eigenvalue weighted by Crippen LogP contribution is 2.30. The zero-order valence-electron chi connectivity index (χ0n) is 10.0. The Balaban J connectivity index is 1.95. The van der Waals surface area contributed by atoms with Crippen molar-refractivity contribution < 1.29 is 4.52 Å². The maximum absolute atomic E-state index is 5.73. The van der Waals surface area contributed by atoms with Crippen LogP contribution in [0.4, 0.5) is 11.5 Å². The van der Waals surface area contributed by atoms with Gasteiger partial charge in [0.2, 0.25) is 0 Å². The molecule has 0 saturated carbocycles. The third-order valence-electron chi connectivity index (χ3n) is 3.56. The van der Waals surface area contributed by atoms with E-state index < -0.39 is 0 Å². The molecule has 1 aromatic carbocycles. The largest absolute Gasteiger partial charge is 0.399 e. The molecule has 0 spiro atoms. The third-order valence-corrected chi connectivity index (χ3v) is 3.56. The summed E-state index contributed by atoms with van der Waals surface area (Å²) in [4.78, 5) is 2.31. The van der Waals surface area contributed by atoms with Crippen molar-refractivity contribution in [2.75, 3.05) is 23.7 Å². The number of nitrogen functional groups attached to an aromatic ring is 1. The molecule has 1 aromatic heterocycles. The molecule has 2 N–H and O–H groups in total. The van der Waals surface area contributed by atoms with Gasteiger partial charge in [-0.15, -0.1) is 0 Å². The van der Waals surface area contributed by atoms with Crippen LogP contribution in [-0.2, 0) is 0 Å². The van der Waals surface area contributed by atoms with Crippen LogP contribution < -0.4 is 10.6 Å². The fourth-order valence-corrected chi connectivity index (χ4v) is 2.39. The molecule has 4 heteroatoms. The standard InChI is InChI=1S/C13H17N3O/c1-9-4-6-16(7-5-9)13-11-3-2-10(14)8-12(11)17-15-13/h2-3,8-9H,4-7,14H2,1H3. The molecule has 1 saturated heterocycles. The second-order valence-corrected chi connectivity index (χ2v) is 4.93. The fourth-order valence-electron chi connectivity index (χ4n) is 2.39. The molecule has 0 atom stereocenters. The van der Waals surface area contributed by atoms with Gasteiger partial charge in [-0.25, -0.2) is 0 Å². The van der Waals surface area contributed by atoms with Crippen molar-refractivity contribution in [3.05, 3.63) is 18.2 Å². The van der Waals surface area contributed by atoms with E-state index in [0.717, 1.165) is 35.8 Å². The lowest BCUT2D eigenvalue weighted by Gasteiger charge is -2.30. The highest BCUT2D eigenvalue weighted by Gasteiger charge is 2.20. The molecule has 0 amide bonds. The number of rotatable bonds is 1. The van der Waals surface area contributed by atoms with Crippen LogP contribution in [0, 0.1) is 5.92 Å². The predicted molar refractivity (Wildman–Crippen MR) is 69.0 cm³/mol. The number of hydrogen-bond acceptors (Lipinski definition) is 4. The van der Waals surface area contributed by atoms with E-state index in [1.807, 2.05) is 18.2 Å². The highest BCUT2D eigenvalue weighted by molar-refractivity contribution is 5.90. The van der Waals surface area contributed by atoms with E-state index in [4.69, 9.17) is 10.3 Å². The number of nitrogens with two attached hydrogens (primary N) is 1. The number of aromatic nitrogens is 1. The van der Waals surface area contributed by atoms with Gasteiger partial charge in [0.1, 0.15) is 0 Å². The van der Waals surface area contributed by atoms with Crippen molar-refractivity contribution in [2.24, 2.45) is 5.92 Å². The second-order valence-electron chi connectivity index (χ2n) is 4.93. The molecule has 4 nitrogen and oxygen atoms in total. The Labute approximate surface area is 100 Å². The van der Waals surface area contributed by atoms with Gasteiger partial charge in [-0.1, -0.05) is 12.1 Å². The molecule has 0 bridgehead atoms. The Morgan fingerprint density at radius 3 is 2.88 bits per heavy atom. The first-order valence-corrected chi connectivity index (χ1v) is 6.14. The monoisotopic (exact) mass is 231 g/mol. The molecule has 1 aliphatic rings.